The summed E-state index contributed by atoms with van der Waals surface area (Å²) in [6.07, 6.45) is 21.5. The lowest BCUT2D eigenvalue weighted by Crippen LogP contribution is -2.70. The molecule has 1 fully saturated rings. The van der Waals surface area contributed by atoms with Gasteiger partial charge in [0.15, 0.2) is 0 Å². The van der Waals surface area contributed by atoms with Gasteiger partial charge in [0.05, 0.1) is 18.2 Å². The van der Waals surface area contributed by atoms with Gasteiger partial charge in [-0.05, 0) is 121 Å². The molecular weight excluding hydrogens is 912 g/mol. The molecule has 11 heteroatoms. The second-order valence-corrected chi connectivity index (χ2v) is 20.4. The van der Waals surface area contributed by atoms with Gasteiger partial charge in [0.1, 0.15) is 35.7 Å². The molecule has 7 rings (SSSR count). The number of thioether (sulfide) groups is 1. The number of aliphatic hydroxyl groups excluding tert-OH is 2. The van der Waals surface area contributed by atoms with Gasteiger partial charge in [-0.2, -0.15) is 0 Å². The maximum atomic E-state index is 15.3. The number of carbonyl (C=O) groups excluding carboxylic acids is 1. The number of ether oxygens (including phenoxy) is 3. The molecule has 4 aromatic rings. The summed E-state index contributed by atoms with van der Waals surface area (Å²) in [5, 5.41) is 25.2. The summed E-state index contributed by atoms with van der Waals surface area (Å²) in [4.78, 5) is 24.7. The van der Waals surface area contributed by atoms with Crippen LogP contribution in [-0.4, -0.2) is 64.6 Å². The number of allylic oxidation sites excluding steroid dienone is 1. The fraction of sp³-hybridized carbons (Fsp3) is 0.500. The third kappa shape index (κ3) is 14.2. The van der Waals surface area contributed by atoms with Crippen LogP contribution < -0.4 is 9.47 Å². The fourth-order valence-corrected chi connectivity index (χ4v) is 11.5. The van der Waals surface area contributed by atoms with Gasteiger partial charge in [0, 0.05) is 49.0 Å². The van der Waals surface area contributed by atoms with Crippen molar-refractivity contribution in [1.29, 1.82) is 0 Å². The molecule has 0 radical (unpaired) electrons. The number of benzene rings is 4. The lowest BCUT2D eigenvalue weighted by Gasteiger charge is -2.60. The minimum atomic E-state index is -1.42. The number of nitrogens with zero attached hydrogens (tertiary/aromatic N) is 2. The molecule has 71 heavy (non-hydrogen) atoms. The average molecular weight is 989 g/mol. The Kier molecular flexibility index (Phi) is 21.1. The van der Waals surface area contributed by atoms with E-state index in [0.29, 0.717) is 30.8 Å². The van der Waals surface area contributed by atoms with E-state index in [9.17, 15) is 14.6 Å². The zero-order chi connectivity index (χ0) is 49.8. The van der Waals surface area contributed by atoms with Crippen molar-refractivity contribution in [3.05, 3.63) is 144 Å². The van der Waals surface area contributed by atoms with Gasteiger partial charge in [-0.15, -0.1) is 18.3 Å². The number of halogens is 1. The predicted molar refractivity (Wildman–Crippen MR) is 283 cm³/mol. The minimum Gasteiger partial charge on any atom is -0.459 e. The van der Waals surface area contributed by atoms with E-state index < -0.39 is 17.7 Å². The lowest BCUT2D eigenvalue weighted by atomic mass is 9.55. The summed E-state index contributed by atoms with van der Waals surface area (Å²) >= 11 is 1.68. The lowest BCUT2D eigenvalue weighted by molar-refractivity contribution is -0.258. The third-order valence-corrected chi connectivity index (χ3v) is 15.4. The maximum absolute atomic E-state index is 15.3. The predicted octanol–water partition coefficient (Wildman–Crippen LogP) is 14.1. The van der Waals surface area contributed by atoms with Crippen molar-refractivity contribution >= 4 is 23.4 Å². The number of carbonyl (C=O) groups is 1. The van der Waals surface area contributed by atoms with E-state index >= 15 is 4.79 Å². The maximum Gasteiger partial charge on any atom is 0.239 e. The summed E-state index contributed by atoms with van der Waals surface area (Å²) in [7, 11) is 0. The molecule has 0 saturated heterocycles. The summed E-state index contributed by atoms with van der Waals surface area (Å²) in [5.74, 6) is -0.323. The molecule has 2 N–H and O–H groups in total. The quantitative estimate of drug-likeness (QED) is 0.0230. The van der Waals surface area contributed by atoms with Crippen LogP contribution in [0.15, 0.2) is 131 Å². The second-order valence-electron chi connectivity index (χ2n) is 19.5. The molecule has 382 valence electrons. The van der Waals surface area contributed by atoms with Crippen LogP contribution in [0.4, 0.5) is 4.39 Å². The van der Waals surface area contributed by atoms with Crippen molar-refractivity contribution in [2.24, 2.45) is 22.9 Å². The Morgan fingerprint density at radius 3 is 2.23 bits per heavy atom. The number of hydrogen-bond acceptors (Lipinski definition) is 9. The zero-order valence-corrected chi connectivity index (χ0v) is 43.0. The summed E-state index contributed by atoms with van der Waals surface area (Å²) < 4.78 is 35.9. The second kappa shape index (κ2) is 27.8. The van der Waals surface area contributed by atoms with Gasteiger partial charge in [-0.1, -0.05) is 131 Å². The molecule has 0 bridgehead atoms. The van der Waals surface area contributed by atoms with E-state index in [4.69, 9.17) is 24.2 Å². The topological polar surface area (TPSA) is 110 Å². The van der Waals surface area contributed by atoms with Gasteiger partial charge in [0.2, 0.25) is 11.7 Å². The van der Waals surface area contributed by atoms with E-state index in [2.05, 4.69) is 44.0 Å². The Hall–Kier alpha value is -4.94. The molecule has 1 amide bonds. The molecule has 0 spiro atoms. The van der Waals surface area contributed by atoms with E-state index in [0.717, 1.165) is 90.0 Å². The van der Waals surface area contributed by atoms with Gasteiger partial charge >= 0.3 is 0 Å². The Morgan fingerprint density at radius 2 is 1.54 bits per heavy atom. The van der Waals surface area contributed by atoms with Crippen molar-refractivity contribution in [3.8, 4) is 17.2 Å². The van der Waals surface area contributed by atoms with Crippen LogP contribution in [0, 0.1) is 23.6 Å². The van der Waals surface area contributed by atoms with Crippen molar-refractivity contribution in [2.75, 3.05) is 26.1 Å². The largest absolute Gasteiger partial charge is 0.459 e. The molecule has 6 atom stereocenters. The molecule has 1 heterocycles. The number of hydrogen-bond donors (Lipinski definition) is 2. The van der Waals surface area contributed by atoms with Crippen molar-refractivity contribution in [1.82, 2.24) is 4.90 Å². The standard InChI is InChI=1S/C60H77FN2O7S/c1-4-6-7-8-9-10-11-12-16-25-57(66)63(42-44-26-28-47(61)29-27-44)56-41-54(62-68-43-45-21-14-13-15-22-45)52-39-46(23-17-19-36-64)51(24-18-20-37-65)58-53-40-49(69-48-30-33-50(71-3)34-31-48)32-35-55(53)70-60(56,59(52)58)67-38-5-2/h5,13-15,21-22,26-35,39-40,46,51,56,58-59,64-65H,2,4,6-12,16-20,23-25,36-38,41-43H2,1,3H3. The van der Waals surface area contributed by atoms with E-state index in [-0.39, 0.29) is 68.9 Å². The van der Waals surface area contributed by atoms with Crippen molar-refractivity contribution in [2.45, 2.75) is 152 Å². The molecule has 4 aromatic carbocycles. The first-order valence-electron chi connectivity index (χ1n) is 26.4. The summed E-state index contributed by atoms with van der Waals surface area (Å²) in [6, 6.07) is 29.8. The van der Waals surface area contributed by atoms with Crippen LogP contribution in [0.5, 0.6) is 17.2 Å². The summed E-state index contributed by atoms with van der Waals surface area (Å²) in [6.45, 7) is 7.16. The fourth-order valence-electron chi connectivity index (χ4n) is 11.1. The zero-order valence-electron chi connectivity index (χ0n) is 42.2. The Labute approximate surface area is 426 Å². The number of fused-ring (bicyclic) bond motifs is 2. The number of amides is 1. The van der Waals surface area contributed by atoms with Crippen LogP contribution in [0.2, 0.25) is 0 Å². The van der Waals surface area contributed by atoms with Gasteiger partial charge in [-0.3, -0.25) is 4.79 Å². The molecule has 1 aliphatic heterocycles. The number of unbranched alkanes of at least 4 members (excludes halogenated alkanes) is 10. The molecule has 3 aliphatic rings. The molecule has 0 aromatic heterocycles. The van der Waals surface area contributed by atoms with Crippen LogP contribution >= 0.6 is 11.8 Å². The monoisotopic (exact) mass is 989 g/mol. The smallest absolute Gasteiger partial charge is 0.239 e. The number of aliphatic hydroxyl groups is 2. The SMILES string of the molecule is C=CCOC12Oc3ccc(Oc4ccc(SC)cc4)cc3C3C(CCCCO)C(CCCCO)C=C(C(=NOCc4ccccc4)CC1N(Cc1ccc(F)cc1)C(=O)CCCCCCCCCCC)C32. The van der Waals surface area contributed by atoms with Crippen molar-refractivity contribution in [3.63, 3.8) is 0 Å². The van der Waals surface area contributed by atoms with E-state index in [1.807, 2.05) is 59.5 Å². The molecule has 2 aliphatic carbocycles. The van der Waals surface area contributed by atoms with Crippen LogP contribution in [0.25, 0.3) is 0 Å². The highest BCUT2D eigenvalue weighted by Gasteiger charge is 2.65. The van der Waals surface area contributed by atoms with Crippen molar-refractivity contribution < 1.29 is 38.4 Å². The van der Waals surface area contributed by atoms with Crippen LogP contribution in [0.3, 0.4) is 0 Å². The average Bonchev–Trinajstić information content (AvgIpc) is 3.39. The van der Waals surface area contributed by atoms with E-state index in [1.54, 1.807) is 30.0 Å². The highest BCUT2D eigenvalue weighted by atomic mass is 32.2. The first-order valence-corrected chi connectivity index (χ1v) is 27.6. The normalized spacial score (nSPS) is 21.7. The number of rotatable bonds is 30. The molecule has 1 saturated carbocycles. The molecule has 6 unspecified atom stereocenters. The third-order valence-electron chi connectivity index (χ3n) is 14.6. The highest BCUT2D eigenvalue weighted by molar-refractivity contribution is 7.98. The van der Waals surface area contributed by atoms with Crippen LogP contribution in [-0.2, 0) is 27.5 Å². The Bertz CT molecular complexity index is 2330. The van der Waals surface area contributed by atoms with Crippen LogP contribution in [0.1, 0.15) is 139 Å². The first-order chi connectivity index (χ1) is 34.8. The highest BCUT2D eigenvalue weighted by Crippen LogP contribution is 2.62. The number of oxime groups is 1. The summed E-state index contributed by atoms with van der Waals surface area (Å²) in [5.41, 5.74) is 4.45. The van der Waals surface area contributed by atoms with Gasteiger partial charge in [0.25, 0.3) is 0 Å². The van der Waals surface area contributed by atoms with E-state index in [1.165, 1.54) is 44.2 Å². The Morgan fingerprint density at radius 1 is 0.845 bits per heavy atom. The minimum absolute atomic E-state index is 0.0276. The van der Waals surface area contributed by atoms with Gasteiger partial charge < -0.3 is 34.2 Å². The van der Waals surface area contributed by atoms with Gasteiger partial charge in [-0.25, -0.2) is 4.39 Å². The first kappa shape index (κ1) is 53.8. The Balaban J connectivity index is 1.37. The molecular formula is C60H77FN2O7S. The molecule has 9 nitrogen and oxygen atoms in total.